The van der Waals surface area contributed by atoms with Gasteiger partial charge in [0.05, 0.1) is 18.2 Å². The number of benzene rings is 3. The Labute approximate surface area is 212 Å². The summed E-state index contributed by atoms with van der Waals surface area (Å²) in [4.78, 5) is 27.5. The number of Topliss-reactive ketones (excluding diaryl/α,β-unsaturated/α-hetero) is 1. The average molecular weight is 536 g/mol. The van der Waals surface area contributed by atoms with Crippen LogP contribution >= 0.6 is 15.9 Å². The van der Waals surface area contributed by atoms with Gasteiger partial charge in [-0.25, -0.2) is 0 Å². The van der Waals surface area contributed by atoms with E-state index in [-0.39, 0.29) is 24.5 Å². The van der Waals surface area contributed by atoms with Crippen molar-refractivity contribution in [1.82, 2.24) is 4.90 Å². The largest absolute Gasteiger partial charge is 0.507 e. The number of rotatable bonds is 8. The summed E-state index contributed by atoms with van der Waals surface area (Å²) in [6, 6.07) is 21.8. The number of likely N-dealkylation sites (tertiary alicyclic amines) is 1. The molecule has 180 valence electrons. The van der Waals surface area contributed by atoms with Crippen LogP contribution in [0.1, 0.15) is 28.3 Å². The van der Waals surface area contributed by atoms with Gasteiger partial charge in [-0.15, -0.1) is 0 Å². The third kappa shape index (κ3) is 5.31. The molecule has 1 fully saturated rings. The van der Waals surface area contributed by atoms with Gasteiger partial charge in [-0.05, 0) is 53.9 Å². The number of amides is 1. The molecule has 0 radical (unpaired) electrons. The third-order valence-corrected chi connectivity index (χ3v) is 6.44. The lowest BCUT2D eigenvalue weighted by Gasteiger charge is -2.25. The van der Waals surface area contributed by atoms with E-state index < -0.39 is 17.7 Å². The van der Waals surface area contributed by atoms with Crippen LogP contribution in [0.15, 0.2) is 82.8 Å². The quantitative estimate of drug-likeness (QED) is 0.237. The van der Waals surface area contributed by atoms with Gasteiger partial charge in [0.1, 0.15) is 18.1 Å². The summed E-state index contributed by atoms with van der Waals surface area (Å²) in [5.74, 6) is -0.936. The van der Waals surface area contributed by atoms with E-state index in [0.717, 1.165) is 21.2 Å². The molecule has 0 unspecified atom stereocenters. The van der Waals surface area contributed by atoms with Crippen molar-refractivity contribution in [3.05, 3.63) is 105 Å². The number of aliphatic hydroxyl groups excluding tert-OH is 1. The van der Waals surface area contributed by atoms with E-state index in [1.165, 1.54) is 12.0 Å². The van der Waals surface area contributed by atoms with Crippen molar-refractivity contribution in [1.29, 1.82) is 0 Å². The van der Waals surface area contributed by atoms with Crippen LogP contribution < -0.4 is 4.74 Å². The van der Waals surface area contributed by atoms with Crippen LogP contribution in [0, 0.1) is 6.92 Å². The van der Waals surface area contributed by atoms with Crippen LogP contribution in [0.5, 0.6) is 5.75 Å². The highest BCUT2D eigenvalue weighted by Gasteiger charge is 2.46. The zero-order chi connectivity index (χ0) is 24.9. The Hall–Kier alpha value is -3.42. The van der Waals surface area contributed by atoms with Crippen molar-refractivity contribution in [3.63, 3.8) is 0 Å². The van der Waals surface area contributed by atoms with E-state index in [1.807, 2.05) is 67.6 Å². The van der Waals surface area contributed by atoms with Crippen LogP contribution in [0.4, 0.5) is 0 Å². The summed E-state index contributed by atoms with van der Waals surface area (Å²) in [5, 5.41) is 11.3. The first kappa shape index (κ1) is 24.7. The lowest BCUT2D eigenvalue weighted by molar-refractivity contribution is -0.140. The number of ether oxygens (including phenoxy) is 2. The zero-order valence-electron chi connectivity index (χ0n) is 19.5. The summed E-state index contributed by atoms with van der Waals surface area (Å²) in [6.45, 7) is 2.74. The fourth-order valence-electron chi connectivity index (χ4n) is 4.20. The Balaban J connectivity index is 1.70. The Morgan fingerprint density at radius 3 is 2.49 bits per heavy atom. The Kier molecular flexibility index (Phi) is 7.68. The molecule has 3 aromatic carbocycles. The van der Waals surface area contributed by atoms with Gasteiger partial charge in [0, 0.05) is 23.7 Å². The van der Waals surface area contributed by atoms with E-state index in [1.54, 1.807) is 12.1 Å². The minimum Gasteiger partial charge on any atom is -0.507 e. The maximum Gasteiger partial charge on any atom is 0.295 e. The number of nitrogens with zero attached hydrogens (tertiary/aromatic N) is 1. The maximum absolute atomic E-state index is 13.1. The van der Waals surface area contributed by atoms with Crippen LogP contribution in [0.25, 0.3) is 5.76 Å². The SMILES string of the molecule is COCCN1C(=O)C(=O)/C(=C(/O)c2ccc(OCc3ccccc3)cc2C)[C@H]1c1cccc(Br)c1. The van der Waals surface area contributed by atoms with Crippen molar-refractivity contribution in [2.75, 3.05) is 20.3 Å². The van der Waals surface area contributed by atoms with Gasteiger partial charge in [-0.2, -0.15) is 0 Å². The summed E-state index contributed by atoms with van der Waals surface area (Å²) in [6.07, 6.45) is 0. The number of halogens is 1. The third-order valence-electron chi connectivity index (χ3n) is 5.94. The first-order valence-corrected chi connectivity index (χ1v) is 12.0. The Morgan fingerprint density at radius 2 is 1.80 bits per heavy atom. The second-order valence-corrected chi connectivity index (χ2v) is 9.21. The molecular formula is C28H26BrNO5. The van der Waals surface area contributed by atoms with Crippen molar-refractivity contribution < 1.29 is 24.2 Å². The van der Waals surface area contributed by atoms with Crippen molar-refractivity contribution in [3.8, 4) is 5.75 Å². The topological polar surface area (TPSA) is 76.1 Å². The molecule has 6 nitrogen and oxygen atoms in total. The monoisotopic (exact) mass is 535 g/mol. The molecule has 0 spiro atoms. The molecule has 0 aromatic heterocycles. The molecule has 0 saturated carbocycles. The molecule has 1 atom stereocenters. The number of methoxy groups -OCH3 is 1. The normalized spacial score (nSPS) is 17.1. The number of carbonyl (C=O) groups is 2. The first-order valence-electron chi connectivity index (χ1n) is 11.2. The minimum absolute atomic E-state index is 0.0604. The van der Waals surface area contributed by atoms with Crippen molar-refractivity contribution >= 4 is 33.4 Å². The lowest BCUT2D eigenvalue weighted by atomic mass is 9.94. The van der Waals surface area contributed by atoms with E-state index in [0.29, 0.717) is 17.9 Å². The predicted octanol–water partition coefficient (Wildman–Crippen LogP) is 5.40. The molecular weight excluding hydrogens is 510 g/mol. The van der Waals surface area contributed by atoms with Gasteiger partial charge >= 0.3 is 0 Å². The van der Waals surface area contributed by atoms with Gasteiger partial charge < -0.3 is 19.5 Å². The second kappa shape index (κ2) is 10.9. The van der Waals surface area contributed by atoms with Gasteiger partial charge in [-0.1, -0.05) is 58.4 Å². The predicted molar refractivity (Wildman–Crippen MR) is 137 cm³/mol. The summed E-state index contributed by atoms with van der Waals surface area (Å²) >= 11 is 3.46. The van der Waals surface area contributed by atoms with Gasteiger partial charge in [0.2, 0.25) is 0 Å². The zero-order valence-corrected chi connectivity index (χ0v) is 21.1. The average Bonchev–Trinajstić information content (AvgIpc) is 3.11. The summed E-state index contributed by atoms with van der Waals surface area (Å²) < 4.78 is 11.9. The van der Waals surface area contributed by atoms with Crippen LogP contribution in [-0.4, -0.2) is 42.0 Å². The maximum atomic E-state index is 13.1. The lowest BCUT2D eigenvalue weighted by Crippen LogP contribution is -2.32. The van der Waals surface area contributed by atoms with Crippen LogP contribution in [0.2, 0.25) is 0 Å². The smallest absolute Gasteiger partial charge is 0.295 e. The summed E-state index contributed by atoms with van der Waals surface area (Å²) in [7, 11) is 1.54. The molecule has 1 amide bonds. The Bertz CT molecular complexity index is 1270. The molecule has 1 aliphatic heterocycles. The molecule has 7 heteroatoms. The molecule has 1 saturated heterocycles. The molecule has 3 aromatic rings. The van der Waals surface area contributed by atoms with Crippen molar-refractivity contribution in [2.24, 2.45) is 0 Å². The van der Waals surface area contributed by atoms with Gasteiger partial charge in [-0.3, -0.25) is 9.59 Å². The van der Waals surface area contributed by atoms with Crippen LogP contribution in [-0.2, 0) is 20.9 Å². The molecule has 1 heterocycles. The Morgan fingerprint density at radius 1 is 1.03 bits per heavy atom. The van der Waals surface area contributed by atoms with Crippen LogP contribution in [0.3, 0.4) is 0 Å². The molecule has 35 heavy (non-hydrogen) atoms. The van der Waals surface area contributed by atoms with Gasteiger partial charge in [0.15, 0.2) is 0 Å². The van der Waals surface area contributed by atoms with Gasteiger partial charge in [0.25, 0.3) is 11.7 Å². The number of ketones is 1. The minimum atomic E-state index is -0.726. The molecule has 0 bridgehead atoms. The molecule has 1 aliphatic rings. The fraction of sp³-hybridized carbons (Fsp3) is 0.214. The highest BCUT2D eigenvalue weighted by Crippen LogP contribution is 2.40. The molecule has 1 N–H and O–H groups in total. The van der Waals surface area contributed by atoms with E-state index in [2.05, 4.69) is 15.9 Å². The number of aliphatic hydroxyl groups is 1. The number of aryl methyl sites for hydroxylation is 1. The first-order chi connectivity index (χ1) is 16.9. The fourth-order valence-corrected chi connectivity index (χ4v) is 4.62. The number of hydrogen-bond acceptors (Lipinski definition) is 5. The molecule has 4 rings (SSSR count). The van der Waals surface area contributed by atoms with E-state index in [9.17, 15) is 14.7 Å². The second-order valence-electron chi connectivity index (χ2n) is 8.29. The van der Waals surface area contributed by atoms with Crippen molar-refractivity contribution in [2.45, 2.75) is 19.6 Å². The van der Waals surface area contributed by atoms with E-state index in [4.69, 9.17) is 9.47 Å². The highest BCUT2D eigenvalue weighted by atomic mass is 79.9. The standard InChI is InChI=1S/C28H26BrNO5/c1-18-15-22(35-17-19-7-4-3-5-8-19)11-12-23(18)26(31)24-25(20-9-6-10-21(29)16-20)30(13-14-34-2)28(33)27(24)32/h3-12,15-16,25,31H,13-14,17H2,1-2H3/b26-24+/t25-/m1/s1. The highest BCUT2D eigenvalue weighted by molar-refractivity contribution is 9.10. The number of hydrogen-bond donors (Lipinski definition) is 1. The number of carbonyl (C=O) groups excluding carboxylic acids is 2. The summed E-state index contributed by atoms with van der Waals surface area (Å²) in [5.41, 5.74) is 3.02. The van der Waals surface area contributed by atoms with E-state index >= 15 is 0 Å². The molecule has 0 aliphatic carbocycles.